The van der Waals surface area contributed by atoms with E-state index in [1.165, 1.54) is 17.1 Å². The Morgan fingerprint density at radius 3 is 3.00 bits per heavy atom. The van der Waals surface area contributed by atoms with E-state index in [-0.39, 0.29) is 11.8 Å². The smallest absolute Gasteiger partial charge is 0.249 e. The van der Waals surface area contributed by atoms with Gasteiger partial charge in [0.15, 0.2) is 0 Å². The van der Waals surface area contributed by atoms with E-state index in [1.54, 1.807) is 18.4 Å². The number of halogens is 1. The first-order valence-corrected chi connectivity index (χ1v) is 6.37. The Bertz CT molecular complexity index is 379. The van der Waals surface area contributed by atoms with Crippen molar-refractivity contribution in [1.29, 1.82) is 0 Å². The Morgan fingerprint density at radius 2 is 2.47 bits per heavy atom. The van der Waals surface area contributed by atoms with Gasteiger partial charge in [0.2, 0.25) is 5.91 Å². The van der Waals surface area contributed by atoms with Gasteiger partial charge >= 0.3 is 0 Å². The molecule has 1 aliphatic rings. The van der Waals surface area contributed by atoms with E-state index in [0.29, 0.717) is 5.92 Å². The number of nitrogens with zero attached hydrogens (tertiary/aromatic N) is 1. The van der Waals surface area contributed by atoms with Crippen molar-refractivity contribution in [2.24, 2.45) is 5.92 Å². The zero-order valence-electron chi connectivity index (χ0n) is 8.57. The summed E-state index contributed by atoms with van der Waals surface area (Å²) in [5.74, 6) is 0.553. The van der Waals surface area contributed by atoms with Crippen molar-refractivity contribution in [1.82, 2.24) is 5.06 Å². The molecule has 1 fully saturated rings. The maximum atomic E-state index is 11.7. The second kappa shape index (κ2) is 4.23. The molecule has 0 bridgehead atoms. The first kappa shape index (κ1) is 11.1. The van der Waals surface area contributed by atoms with Crippen molar-refractivity contribution in [3.63, 3.8) is 0 Å². The minimum atomic E-state index is 0.0720. The lowest BCUT2D eigenvalue weighted by Gasteiger charge is -2.12. The molecule has 1 heterocycles. The molecule has 0 aromatic carbocycles. The third kappa shape index (κ3) is 2.09. The van der Waals surface area contributed by atoms with Gasteiger partial charge in [-0.1, -0.05) is 0 Å². The number of amides is 1. The monoisotopic (exact) mass is 289 g/mol. The third-order valence-corrected chi connectivity index (χ3v) is 4.68. The average Bonchev–Trinajstić information content (AvgIpc) is 2.92. The maximum absolute atomic E-state index is 11.7. The molecule has 0 N–H and O–H groups in total. The average molecular weight is 290 g/mol. The normalized spacial score (nSPS) is 23.9. The topological polar surface area (TPSA) is 29.5 Å². The van der Waals surface area contributed by atoms with Gasteiger partial charge in [0.1, 0.15) is 0 Å². The van der Waals surface area contributed by atoms with Crippen molar-refractivity contribution < 1.29 is 9.63 Å². The molecule has 0 unspecified atom stereocenters. The van der Waals surface area contributed by atoms with E-state index in [9.17, 15) is 4.79 Å². The van der Waals surface area contributed by atoms with Gasteiger partial charge in [-0.3, -0.25) is 9.63 Å². The van der Waals surface area contributed by atoms with Crippen LogP contribution in [0.3, 0.4) is 0 Å². The highest BCUT2D eigenvalue weighted by Crippen LogP contribution is 2.52. The predicted molar refractivity (Wildman–Crippen MR) is 62.6 cm³/mol. The van der Waals surface area contributed by atoms with Gasteiger partial charge in [0.25, 0.3) is 0 Å². The predicted octanol–water partition coefficient (Wildman–Crippen LogP) is 2.63. The zero-order valence-corrected chi connectivity index (χ0v) is 11.0. The van der Waals surface area contributed by atoms with Crippen molar-refractivity contribution in [3.8, 4) is 0 Å². The van der Waals surface area contributed by atoms with Gasteiger partial charge < -0.3 is 0 Å². The zero-order chi connectivity index (χ0) is 11.0. The standard InChI is InChI=1S/C10H12BrNO2S/c1-12(14-2)10(13)7-5-6(7)9-8(11)3-4-15-9/h3-4,6-7H,5H2,1-2H3/t6-,7-/m1/s1. The molecular weight excluding hydrogens is 278 g/mol. The maximum Gasteiger partial charge on any atom is 0.249 e. The molecule has 0 spiro atoms. The highest BCUT2D eigenvalue weighted by Gasteiger charge is 2.46. The van der Waals surface area contributed by atoms with Crippen molar-refractivity contribution in [2.75, 3.05) is 14.2 Å². The first-order valence-electron chi connectivity index (χ1n) is 4.69. The lowest BCUT2D eigenvalue weighted by atomic mass is 10.2. The van der Waals surface area contributed by atoms with Crippen molar-refractivity contribution >= 4 is 33.2 Å². The van der Waals surface area contributed by atoms with E-state index < -0.39 is 0 Å². The lowest BCUT2D eigenvalue weighted by Crippen LogP contribution is -2.27. The fraction of sp³-hybridized carbons (Fsp3) is 0.500. The van der Waals surface area contributed by atoms with Crippen LogP contribution in [0.15, 0.2) is 15.9 Å². The largest absolute Gasteiger partial charge is 0.275 e. The summed E-state index contributed by atoms with van der Waals surface area (Å²) in [5.41, 5.74) is 0. The Morgan fingerprint density at radius 1 is 1.73 bits per heavy atom. The highest BCUT2D eigenvalue weighted by molar-refractivity contribution is 9.10. The van der Waals surface area contributed by atoms with Gasteiger partial charge in [0.05, 0.1) is 7.11 Å². The van der Waals surface area contributed by atoms with Gasteiger partial charge in [-0.25, -0.2) is 5.06 Å². The molecule has 0 saturated heterocycles. The van der Waals surface area contributed by atoms with Crippen LogP contribution in [-0.2, 0) is 9.63 Å². The number of carbonyl (C=O) groups is 1. The van der Waals surface area contributed by atoms with Crippen molar-refractivity contribution in [3.05, 3.63) is 20.8 Å². The number of hydrogen-bond acceptors (Lipinski definition) is 3. The second-order valence-electron chi connectivity index (χ2n) is 3.60. The summed E-state index contributed by atoms with van der Waals surface area (Å²) in [7, 11) is 3.16. The molecule has 0 radical (unpaired) electrons. The molecule has 15 heavy (non-hydrogen) atoms. The SMILES string of the molecule is CON(C)C(=O)[C@@H]1C[C@H]1c1sccc1Br. The molecule has 5 heteroatoms. The molecule has 0 aliphatic heterocycles. The van der Waals surface area contributed by atoms with Crippen LogP contribution in [0.25, 0.3) is 0 Å². The number of rotatable bonds is 3. The van der Waals surface area contributed by atoms with Gasteiger partial charge in [-0.05, 0) is 33.8 Å². The van der Waals surface area contributed by atoms with Crippen LogP contribution in [0.5, 0.6) is 0 Å². The van der Waals surface area contributed by atoms with Crippen LogP contribution in [0.2, 0.25) is 0 Å². The molecule has 2 rings (SSSR count). The minimum Gasteiger partial charge on any atom is -0.275 e. The number of carbonyl (C=O) groups excluding carboxylic acids is 1. The third-order valence-electron chi connectivity index (χ3n) is 2.67. The molecular formula is C10H12BrNO2S. The fourth-order valence-corrected chi connectivity index (χ4v) is 3.50. The molecule has 1 saturated carbocycles. The summed E-state index contributed by atoms with van der Waals surface area (Å²) < 4.78 is 1.12. The number of hydrogen-bond donors (Lipinski definition) is 0. The van der Waals surface area contributed by atoms with Crippen molar-refractivity contribution in [2.45, 2.75) is 12.3 Å². The molecule has 2 atom stereocenters. The minimum absolute atomic E-state index is 0.0720. The van der Waals surface area contributed by atoms with Gasteiger partial charge in [-0.2, -0.15) is 0 Å². The van der Waals surface area contributed by atoms with Crippen LogP contribution in [0, 0.1) is 5.92 Å². The molecule has 1 aromatic heterocycles. The number of hydroxylamine groups is 2. The van der Waals surface area contributed by atoms with Crippen LogP contribution in [0.4, 0.5) is 0 Å². The summed E-state index contributed by atoms with van der Waals surface area (Å²) in [5, 5.41) is 3.35. The molecule has 1 aliphatic carbocycles. The van der Waals surface area contributed by atoms with Crippen LogP contribution in [-0.4, -0.2) is 25.1 Å². The van der Waals surface area contributed by atoms with Crippen LogP contribution in [0.1, 0.15) is 17.2 Å². The van der Waals surface area contributed by atoms with Gasteiger partial charge in [0, 0.05) is 28.2 Å². The Labute approximate surface area is 101 Å². The highest BCUT2D eigenvalue weighted by atomic mass is 79.9. The number of thiophene rings is 1. The first-order chi connectivity index (χ1) is 7.15. The molecule has 1 aromatic rings. The van der Waals surface area contributed by atoms with E-state index >= 15 is 0 Å². The summed E-state index contributed by atoms with van der Waals surface area (Å²) in [6, 6.07) is 2.03. The quantitative estimate of drug-likeness (QED) is 0.801. The Kier molecular flexibility index (Phi) is 3.13. The molecule has 1 amide bonds. The van der Waals surface area contributed by atoms with E-state index in [2.05, 4.69) is 15.9 Å². The second-order valence-corrected chi connectivity index (χ2v) is 5.40. The van der Waals surface area contributed by atoms with E-state index in [1.807, 2.05) is 11.4 Å². The van der Waals surface area contributed by atoms with Crippen LogP contribution >= 0.6 is 27.3 Å². The summed E-state index contributed by atoms with van der Waals surface area (Å²) >= 11 is 5.19. The molecule has 3 nitrogen and oxygen atoms in total. The summed E-state index contributed by atoms with van der Waals surface area (Å²) in [6.07, 6.45) is 0.936. The summed E-state index contributed by atoms with van der Waals surface area (Å²) in [6.45, 7) is 0. The molecule has 82 valence electrons. The van der Waals surface area contributed by atoms with E-state index in [4.69, 9.17) is 4.84 Å². The Hall–Kier alpha value is -0.390. The fourth-order valence-electron chi connectivity index (χ4n) is 1.65. The summed E-state index contributed by atoms with van der Waals surface area (Å²) in [4.78, 5) is 17.9. The van der Waals surface area contributed by atoms with Crippen LogP contribution < -0.4 is 0 Å². The Balaban J connectivity index is 2.02. The van der Waals surface area contributed by atoms with E-state index in [0.717, 1.165) is 10.9 Å². The lowest BCUT2D eigenvalue weighted by molar-refractivity contribution is -0.170. The van der Waals surface area contributed by atoms with Gasteiger partial charge in [-0.15, -0.1) is 11.3 Å².